The van der Waals surface area contributed by atoms with Gasteiger partial charge in [0.2, 0.25) is 0 Å². The Morgan fingerprint density at radius 3 is 2.47 bits per heavy atom. The normalized spacial score (nSPS) is 28.3. The fourth-order valence-electron chi connectivity index (χ4n) is 2.03. The highest BCUT2D eigenvalue weighted by atomic mass is 19.3. The van der Waals surface area contributed by atoms with Gasteiger partial charge in [-0.25, -0.2) is 0 Å². The lowest BCUT2D eigenvalue weighted by atomic mass is 9.87. The first-order valence-corrected chi connectivity index (χ1v) is 5.78. The molecule has 1 aromatic carbocycles. The van der Waals surface area contributed by atoms with Gasteiger partial charge in [-0.15, -0.1) is 0 Å². The molecule has 2 unspecified atom stereocenters. The Kier molecular flexibility index (Phi) is 3.61. The third kappa shape index (κ3) is 2.78. The van der Waals surface area contributed by atoms with Crippen LogP contribution >= 0.6 is 0 Å². The molecule has 2 rings (SSSR count). The topological polar surface area (TPSA) is 69.9 Å². The minimum Gasteiger partial charge on any atom is -0.515 e. The van der Waals surface area contributed by atoms with Gasteiger partial charge in [-0.2, -0.15) is 8.78 Å². The lowest BCUT2D eigenvalue weighted by Gasteiger charge is -2.35. The minimum absolute atomic E-state index is 0.00117. The van der Waals surface area contributed by atoms with Gasteiger partial charge in [0.05, 0.1) is 12.4 Å². The van der Waals surface area contributed by atoms with Crippen LogP contribution in [0.2, 0.25) is 0 Å². The highest BCUT2D eigenvalue weighted by Gasteiger charge is 2.50. The number of phenols is 1. The number of benzene rings is 1. The van der Waals surface area contributed by atoms with Crippen LogP contribution in [-0.4, -0.2) is 33.5 Å². The first-order chi connectivity index (χ1) is 8.93. The number of aliphatic hydroxyl groups excluding tert-OH is 2. The van der Waals surface area contributed by atoms with E-state index in [2.05, 4.69) is 0 Å². The highest BCUT2D eigenvalue weighted by Crippen LogP contribution is 2.40. The van der Waals surface area contributed by atoms with Gasteiger partial charge in [0.25, 0.3) is 0 Å². The molecule has 1 saturated carbocycles. The van der Waals surface area contributed by atoms with Gasteiger partial charge in [-0.1, -0.05) is 0 Å². The number of aliphatic hydroxyl groups is 2. The van der Waals surface area contributed by atoms with Crippen molar-refractivity contribution in [2.45, 2.75) is 31.0 Å². The van der Waals surface area contributed by atoms with E-state index in [0.29, 0.717) is 6.26 Å². The van der Waals surface area contributed by atoms with Crippen molar-refractivity contribution in [2.75, 3.05) is 0 Å². The van der Waals surface area contributed by atoms with E-state index in [9.17, 15) is 13.9 Å². The molecule has 0 amide bonds. The van der Waals surface area contributed by atoms with Crippen LogP contribution in [0.3, 0.4) is 0 Å². The molecule has 1 aliphatic rings. The maximum Gasteiger partial charge on any atom is 0.308 e. The van der Waals surface area contributed by atoms with Crippen LogP contribution < -0.4 is 4.74 Å². The van der Waals surface area contributed by atoms with Crippen LogP contribution in [0.5, 0.6) is 11.5 Å². The van der Waals surface area contributed by atoms with E-state index in [1.165, 1.54) is 24.3 Å². The quantitative estimate of drug-likeness (QED) is 0.723. The van der Waals surface area contributed by atoms with Crippen molar-refractivity contribution in [2.24, 2.45) is 0 Å². The molecule has 0 aromatic heterocycles. The van der Waals surface area contributed by atoms with E-state index in [4.69, 9.17) is 14.9 Å². The Morgan fingerprint density at radius 1 is 1.26 bits per heavy atom. The third-order valence-electron chi connectivity index (χ3n) is 3.05. The summed E-state index contributed by atoms with van der Waals surface area (Å²) in [5.41, 5.74) is -0.546. The summed E-state index contributed by atoms with van der Waals surface area (Å²) >= 11 is 0. The van der Waals surface area contributed by atoms with Crippen molar-refractivity contribution in [3.63, 3.8) is 0 Å². The van der Waals surface area contributed by atoms with Crippen LogP contribution in [0.1, 0.15) is 12.8 Å². The summed E-state index contributed by atoms with van der Waals surface area (Å²) in [7, 11) is 0. The zero-order valence-electron chi connectivity index (χ0n) is 9.96. The first kappa shape index (κ1) is 13.6. The van der Waals surface area contributed by atoms with Crippen LogP contribution in [-0.2, 0) is 0 Å². The fourth-order valence-corrected chi connectivity index (χ4v) is 2.03. The third-order valence-corrected chi connectivity index (χ3v) is 3.05. The monoisotopic (exact) mass is 272 g/mol. The van der Waals surface area contributed by atoms with E-state index in [-0.39, 0.29) is 24.3 Å². The second-order valence-electron chi connectivity index (χ2n) is 4.47. The van der Waals surface area contributed by atoms with Crippen molar-refractivity contribution in [3.8, 4) is 11.5 Å². The zero-order valence-corrected chi connectivity index (χ0v) is 9.96. The maximum absolute atomic E-state index is 14.0. The molecule has 0 saturated heterocycles. The Hall–Kier alpha value is -1.82. The van der Waals surface area contributed by atoms with Gasteiger partial charge in [0.1, 0.15) is 11.5 Å². The molecule has 0 radical (unpaired) electrons. The lowest BCUT2D eigenvalue weighted by Crippen LogP contribution is -2.47. The number of rotatable bonds is 2. The summed E-state index contributed by atoms with van der Waals surface area (Å²) in [5.74, 6) is -3.18. The van der Waals surface area contributed by atoms with Crippen molar-refractivity contribution in [1.29, 1.82) is 0 Å². The number of hydrogen-bond donors (Lipinski definition) is 3. The Bertz CT molecular complexity index is 470. The second kappa shape index (κ2) is 5.05. The van der Waals surface area contributed by atoms with Crippen molar-refractivity contribution in [1.82, 2.24) is 0 Å². The van der Waals surface area contributed by atoms with Gasteiger partial charge in [0.15, 0.2) is 6.10 Å². The summed E-state index contributed by atoms with van der Waals surface area (Å²) < 4.78 is 33.1. The average molecular weight is 272 g/mol. The molecule has 2 atom stereocenters. The maximum atomic E-state index is 14.0. The molecular formula is C13H14F2O4. The second-order valence-corrected chi connectivity index (χ2v) is 4.47. The summed E-state index contributed by atoms with van der Waals surface area (Å²) in [6.07, 6.45) is -2.72. The zero-order chi connectivity index (χ0) is 14.0. The molecule has 1 fully saturated rings. The summed E-state index contributed by atoms with van der Waals surface area (Å²) in [4.78, 5) is 0. The molecule has 0 heterocycles. The van der Waals surface area contributed by atoms with Crippen LogP contribution in [0.25, 0.3) is 0 Å². The molecule has 19 heavy (non-hydrogen) atoms. The smallest absolute Gasteiger partial charge is 0.308 e. The number of alkyl halides is 2. The SMILES string of the molecule is O/C=C1\CC(O)CC(Oc2ccc(O)cc2)C1(F)F. The molecule has 0 bridgehead atoms. The Morgan fingerprint density at radius 2 is 1.89 bits per heavy atom. The van der Waals surface area contributed by atoms with Crippen LogP contribution in [0.4, 0.5) is 8.78 Å². The van der Waals surface area contributed by atoms with Crippen molar-refractivity contribution >= 4 is 0 Å². The van der Waals surface area contributed by atoms with Gasteiger partial charge in [0, 0.05) is 18.4 Å². The van der Waals surface area contributed by atoms with E-state index in [1.54, 1.807) is 0 Å². The average Bonchev–Trinajstić information content (AvgIpc) is 2.36. The molecule has 104 valence electrons. The van der Waals surface area contributed by atoms with E-state index >= 15 is 0 Å². The van der Waals surface area contributed by atoms with Gasteiger partial charge in [-0.3, -0.25) is 0 Å². The summed E-state index contributed by atoms with van der Waals surface area (Å²) in [6, 6.07) is 5.34. The van der Waals surface area contributed by atoms with Crippen LogP contribution in [0.15, 0.2) is 36.1 Å². The Balaban J connectivity index is 2.20. The van der Waals surface area contributed by atoms with Gasteiger partial charge < -0.3 is 20.1 Å². The number of ether oxygens (including phenoxy) is 1. The minimum atomic E-state index is -3.34. The van der Waals surface area contributed by atoms with Gasteiger partial charge >= 0.3 is 5.92 Å². The molecule has 4 nitrogen and oxygen atoms in total. The van der Waals surface area contributed by atoms with E-state index < -0.39 is 23.7 Å². The van der Waals surface area contributed by atoms with E-state index in [1.807, 2.05) is 0 Å². The summed E-state index contributed by atoms with van der Waals surface area (Å²) in [5, 5.41) is 27.5. The number of hydrogen-bond acceptors (Lipinski definition) is 4. The molecule has 6 heteroatoms. The van der Waals surface area contributed by atoms with Crippen molar-refractivity contribution < 1.29 is 28.8 Å². The Labute approximate surface area is 108 Å². The fraction of sp³-hybridized carbons (Fsp3) is 0.385. The predicted octanol–water partition coefficient (Wildman–Crippen LogP) is 2.37. The standard InChI is InChI=1S/C13H14F2O4/c14-13(15)8(7-16)5-10(18)6-12(13)19-11-3-1-9(17)2-4-11/h1-4,7,10,12,16-18H,5-6H2/b8-7+. The number of halogens is 2. The number of aromatic hydroxyl groups is 1. The molecule has 0 aliphatic heterocycles. The lowest BCUT2D eigenvalue weighted by molar-refractivity contribution is -0.106. The van der Waals surface area contributed by atoms with Gasteiger partial charge in [-0.05, 0) is 24.3 Å². The molecule has 1 aromatic rings. The largest absolute Gasteiger partial charge is 0.515 e. The molecule has 1 aliphatic carbocycles. The number of phenolic OH excluding ortho intramolecular Hbond substituents is 1. The predicted molar refractivity (Wildman–Crippen MR) is 63.4 cm³/mol. The van der Waals surface area contributed by atoms with E-state index in [0.717, 1.165) is 0 Å². The van der Waals surface area contributed by atoms with Crippen molar-refractivity contribution in [3.05, 3.63) is 36.1 Å². The van der Waals surface area contributed by atoms with Crippen LogP contribution in [0, 0.1) is 0 Å². The molecular weight excluding hydrogens is 258 g/mol. The summed E-state index contributed by atoms with van der Waals surface area (Å²) in [6.45, 7) is 0. The first-order valence-electron chi connectivity index (χ1n) is 5.78. The molecule has 0 spiro atoms. The highest BCUT2D eigenvalue weighted by molar-refractivity contribution is 5.31. The molecule has 3 N–H and O–H groups in total.